The summed E-state index contributed by atoms with van der Waals surface area (Å²) in [6.07, 6.45) is 3.20. The third-order valence-electron chi connectivity index (χ3n) is 3.07. The van der Waals surface area contributed by atoms with Gasteiger partial charge < -0.3 is 14.3 Å². The Morgan fingerprint density at radius 3 is 2.90 bits per heavy atom. The maximum absolute atomic E-state index is 13.2. The summed E-state index contributed by atoms with van der Waals surface area (Å²) in [7, 11) is 0. The second-order valence-corrected chi connectivity index (χ2v) is 4.45. The first-order valence-corrected chi connectivity index (χ1v) is 6.27. The molecular formula is C14H13F2N3O. The van der Waals surface area contributed by atoms with Gasteiger partial charge in [-0.15, -0.1) is 0 Å². The lowest BCUT2D eigenvalue weighted by Gasteiger charge is -2.05. The molecule has 0 atom stereocenters. The van der Waals surface area contributed by atoms with E-state index in [9.17, 15) is 8.78 Å². The van der Waals surface area contributed by atoms with Crippen molar-refractivity contribution < 1.29 is 13.2 Å². The first-order valence-electron chi connectivity index (χ1n) is 6.27. The van der Waals surface area contributed by atoms with Crippen molar-refractivity contribution in [3.8, 4) is 0 Å². The minimum absolute atomic E-state index is 0.454. The van der Waals surface area contributed by atoms with E-state index < -0.39 is 11.6 Å². The molecule has 0 aliphatic rings. The molecule has 0 radical (unpaired) electrons. The smallest absolute Gasteiger partial charge is 0.161 e. The predicted molar refractivity (Wildman–Crippen MR) is 70.1 cm³/mol. The average molecular weight is 277 g/mol. The Balaban J connectivity index is 1.64. The fourth-order valence-corrected chi connectivity index (χ4v) is 2.06. The van der Waals surface area contributed by atoms with E-state index in [0.29, 0.717) is 30.7 Å². The quantitative estimate of drug-likeness (QED) is 0.729. The Kier molecular flexibility index (Phi) is 3.47. The second-order valence-electron chi connectivity index (χ2n) is 4.45. The summed E-state index contributed by atoms with van der Waals surface area (Å²) in [4.78, 5) is 4.06. The third-order valence-corrected chi connectivity index (χ3v) is 3.07. The van der Waals surface area contributed by atoms with Gasteiger partial charge in [0.25, 0.3) is 0 Å². The lowest BCUT2D eigenvalue weighted by Crippen LogP contribution is -2.18. The highest BCUT2D eigenvalue weighted by Gasteiger charge is 2.08. The fraction of sp³-hybridized carbons (Fsp3) is 0.214. The zero-order chi connectivity index (χ0) is 13.9. The largest absolute Gasteiger partial charge is 0.468 e. The Labute approximate surface area is 114 Å². The maximum Gasteiger partial charge on any atom is 0.161 e. The Morgan fingerprint density at radius 2 is 2.10 bits per heavy atom. The van der Waals surface area contributed by atoms with E-state index in [-0.39, 0.29) is 0 Å². The molecule has 20 heavy (non-hydrogen) atoms. The number of nitrogens with zero attached hydrogens (tertiary/aromatic N) is 2. The molecule has 4 nitrogen and oxygen atoms in total. The molecule has 0 aliphatic carbocycles. The van der Waals surface area contributed by atoms with Crippen molar-refractivity contribution >= 4 is 11.0 Å². The first-order chi connectivity index (χ1) is 9.74. The molecule has 0 saturated carbocycles. The molecule has 1 aromatic carbocycles. The number of hydrogen-bond acceptors (Lipinski definition) is 3. The van der Waals surface area contributed by atoms with Crippen LogP contribution in [0.15, 0.2) is 41.3 Å². The zero-order valence-electron chi connectivity index (χ0n) is 10.6. The number of aromatic nitrogens is 2. The summed E-state index contributed by atoms with van der Waals surface area (Å²) in [6, 6.07) is 6.00. The summed E-state index contributed by atoms with van der Waals surface area (Å²) in [5.41, 5.74) is 1.04. The molecule has 0 saturated heterocycles. The number of hydrogen-bond donors (Lipinski definition) is 1. The number of fused-ring (bicyclic) bond motifs is 1. The van der Waals surface area contributed by atoms with Crippen molar-refractivity contribution in [1.29, 1.82) is 0 Å². The summed E-state index contributed by atoms with van der Waals surface area (Å²) >= 11 is 0. The molecule has 104 valence electrons. The normalized spacial score (nSPS) is 11.3. The number of imidazole rings is 1. The van der Waals surface area contributed by atoms with Gasteiger partial charge in [-0.25, -0.2) is 13.8 Å². The van der Waals surface area contributed by atoms with Gasteiger partial charge in [-0.1, -0.05) is 0 Å². The van der Waals surface area contributed by atoms with Gasteiger partial charge >= 0.3 is 0 Å². The monoisotopic (exact) mass is 277 g/mol. The van der Waals surface area contributed by atoms with Crippen LogP contribution in [0.4, 0.5) is 8.78 Å². The van der Waals surface area contributed by atoms with E-state index in [1.54, 1.807) is 17.2 Å². The number of furan rings is 1. The Hall–Kier alpha value is -2.21. The molecule has 2 heterocycles. The topological polar surface area (TPSA) is 43.0 Å². The van der Waals surface area contributed by atoms with Crippen LogP contribution in [0.1, 0.15) is 5.76 Å². The molecule has 0 aliphatic heterocycles. The molecule has 0 amide bonds. The van der Waals surface area contributed by atoms with Crippen molar-refractivity contribution in [2.75, 3.05) is 6.54 Å². The lowest BCUT2D eigenvalue weighted by atomic mass is 10.3. The van der Waals surface area contributed by atoms with Gasteiger partial charge in [-0.3, -0.25) is 0 Å². The first kappa shape index (κ1) is 12.8. The number of nitrogens with one attached hydrogen (secondary N) is 1. The summed E-state index contributed by atoms with van der Waals surface area (Å²) in [5, 5.41) is 3.21. The number of benzene rings is 1. The summed E-state index contributed by atoms with van der Waals surface area (Å²) in [6.45, 7) is 1.91. The zero-order valence-corrected chi connectivity index (χ0v) is 10.6. The van der Waals surface area contributed by atoms with E-state index in [1.165, 1.54) is 6.07 Å². The van der Waals surface area contributed by atoms with Gasteiger partial charge in [-0.05, 0) is 12.1 Å². The summed E-state index contributed by atoms with van der Waals surface area (Å²) < 4.78 is 33.3. The Morgan fingerprint density at radius 1 is 1.25 bits per heavy atom. The standard InChI is InChI=1S/C14H13F2N3O/c15-11-6-13-14(7-12(11)16)19(9-18-13)4-3-17-8-10-2-1-5-20-10/h1-2,5-7,9,17H,3-4,8H2. The molecule has 0 spiro atoms. The highest BCUT2D eigenvalue weighted by atomic mass is 19.2. The minimum Gasteiger partial charge on any atom is -0.468 e. The van der Waals surface area contributed by atoms with Crippen LogP contribution in [-0.2, 0) is 13.1 Å². The van der Waals surface area contributed by atoms with E-state index >= 15 is 0 Å². The van der Waals surface area contributed by atoms with E-state index in [0.717, 1.165) is 11.8 Å². The maximum atomic E-state index is 13.2. The van der Waals surface area contributed by atoms with Crippen molar-refractivity contribution in [2.24, 2.45) is 0 Å². The van der Waals surface area contributed by atoms with Crippen LogP contribution >= 0.6 is 0 Å². The van der Waals surface area contributed by atoms with Crippen LogP contribution in [0.2, 0.25) is 0 Å². The molecular weight excluding hydrogens is 264 g/mol. The van der Waals surface area contributed by atoms with Gasteiger partial charge in [0.1, 0.15) is 5.76 Å². The predicted octanol–water partition coefficient (Wildman–Crippen LogP) is 2.70. The van der Waals surface area contributed by atoms with Crippen LogP contribution in [0.25, 0.3) is 11.0 Å². The van der Waals surface area contributed by atoms with Crippen LogP contribution in [0.3, 0.4) is 0 Å². The molecule has 3 aromatic rings. The van der Waals surface area contributed by atoms with E-state index in [1.807, 2.05) is 12.1 Å². The highest BCUT2D eigenvalue weighted by Crippen LogP contribution is 2.17. The van der Waals surface area contributed by atoms with Crippen LogP contribution in [-0.4, -0.2) is 16.1 Å². The Bertz CT molecular complexity index is 707. The van der Waals surface area contributed by atoms with Crippen molar-refractivity contribution in [3.63, 3.8) is 0 Å². The third kappa shape index (κ3) is 2.55. The van der Waals surface area contributed by atoms with Crippen LogP contribution in [0.5, 0.6) is 0 Å². The minimum atomic E-state index is -0.876. The van der Waals surface area contributed by atoms with Crippen LogP contribution in [0, 0.1) is 11.6 Å². The fourth-order valence-electron chi connectivity index (χ4n) is 2.06. The SMILES string of the molecule is Fc1cc2ncn(CCNCc3ccco3)c2cc1F. The molecule has 3 rings (SSSR count). The van der Waals surface area contributed by atoms with Gasteiger partial charge in [0.05, 0.1) is 30.2 Å². The lowest BCUT2D eigenvalue weighted by molar-refractivity contribution is 0.476. The van der Waals surface area contributed by atoms with Crippen molar-refractivity contribution in [1.82, 2.24) is 14.9 Å². The van der Waals surface area contributed by atoms with E-state index in [2.05, 4.69) is 10.3 Å². The molecule has 2 aromatic heterocycles. The van der Waals surface area contributed by atoms with Gasteiger partial charge in [-0.2, -0.15) is 0 Å². The van der Waals surface area contributed by atoms with Crippen molar-refractivity contribution in [3.05, 3.63) is 54.3 Å². The van der Waals surface area contributed by atoms with Crippen LogP contribution < -0.4 is 5.32 Å². The number of halogens is 2. The van der Waals surface area contributed by atoms with E-state index in [4.69, 9.17) is 4.42 Å². The van der Waals surface area contributed by atoms with Gasteiger partial charge in [0.15, 0.2) is 11.6 Å². The molecule has 0 bridgehead atoms. The van der Waals surface area contributed by atoms with Crippen molar-refractivity contribution in [2.45, 2.75) is 13.1 Å². The molecule has 1 N–H and O–H groups in total. The average Bonchev–Trinajstić information content (AvgIpc) is 3.06. The van der Waals surface area contributed by atoms with Gasteiger partial charge in [0, 0.05) is 25.2 Å². The number of rotatable bonds is 5. The second kappa shape index (κ2) is 5.42. The summed E-state index contributed by atoms with van der Waals surface area (Å²) in [5.74, 6) is -0.880. The molecule has 6 heteroatoms. The highest BCUT2D eigenvalue weighted by molar-refractivity contribution is 5.75. The molecule has 0 fully saturated rings. The van der Waals surface area contributed by atoms with Gasteiger partial charge in [0.2, 0.25) is 0 Å². The molecule has 0 unspecified atom stereocenters.